The average Bonchev–Trinajstić information content (AvgIpc) is 3.65. The number of benzene rings is 2. The van der Waals surface area contributed by atoms with Crippen molar-refractivity contribution in [2.24, 2.45) is 7.05 Å². The van der Waals surface area contributed by atoms with Crippen molar-refractivity contribution in [3.63, 3.8) is 0 Å². The lowest BCUT2D eigenvalue weighted by atomic mass is 9.92. The average molecular weight is 774 g/mol. The maximum absolute atomic E-state index is 13.1. The van der Waals surface area contributed by atoms with Crippen LogP contribution in [0.2, 0.25) is 0 Å². The van der Waals surface area contributed by atoms with Crippen molar-refractivity contribution in [3.8, 4) is 40.5 Å². The van der Waals surface area contributed by atoms with Gasteiger partial charge in [0.05, 0.1) is 23.3 Å². The number of allylic oxidation sites excluding steroid dienone is 1. The molecule has 9 rings (SSSR count). The Labute approximate surface area is 334 Å². The molecule has 6 heterocycles. The largest absolute Gasteiger partial charge is 0.494 e. The quantitative estimate of drug-likeness (QED) is 0.0872. The molecule has 13 nitrogen and oxygen atoms in total. The van der Waals surface area contributed by atoms with E-state index in [1.54, 1.807) is 30.3 Å². The van der Waals surface area contributed by atoms with E-state index in [1.165, 1.54) is 5.39 Å². The molecule has 1 saturated carbocycles. The molecule has 0 radical (unpaired) electrons. The van der Waals surface area contributed by atoms with Crippen molar-refractivity contribution >= 4 is 39.5 Å². The molecule has 13 heteroatoms. The lowest BCUT2D eigenvalue weighted by molar-refractivity contribution is -0.125. The fourth-order valence-corrected chi connectivity index (χ4v) is 7.63. The summed E-state index contributed by atoms with van der Waals surface area (Å²) < 4.78 is 20.2. The molecule has 2 aliphatic heterocycles. The maximum atomic E-state index is 13.1. The van der Waals surface area contributed by atoms with Crippen LogP contribution in [-0.4, -0.2) is 72.2 Å². The van der Waals surface area contributed by atoms with Gasteiger partial charge in [-0.2, -0.15) is 0 Å². The predicted octanol–water partition coefficient (Wildman–Crippen LogP) is 6.56. The Hall–Kier alpha value is -7.07. The highest BCUT2D eigenvalue weighted by molar-refractivity contribution is 6.23. The maximum Gasteiger partial charge on any atom is 0.262 e. The first kappa shape index (κ1) is 36.6. The number of nitrogens with one attached hydrogen (secondary N) is 1. The zero-order chi connectivity index (χ0) is 39.8. The molecule has 4 aromatic heterocycles. The zero-order valence-corrected chi connectivity index (χ0v) is 31.8. The van der Waals surface area contributed by atoms with Gasteiger partial charge in [0.1, 0.15) is 29.7 Å². The number of pyridine rings is 2. The summed E-state index contributed by atoms with van der Waals surface area (Å²) in [6.45, 7) is 4.18. The molecule has 1 saturated heterocycles. The van der Waals surface area contributed by atoms with Crippen molar-refractivity contribution in [1.29, 1.82) is 0 Å². The van der Waals surface area contributed by atoms with Crippen molar-refractivity contribution in [1.82, 2.24) is 34.9 Å². The number of piperidine rings is 1. The Morgan fingerprint density at radius 3 is 2.43 bits per heavy atom. The molecule has 2 aromatic carbocycles. The molecule has 58 heavy (non-hydrogen) atoms. The lowest BCUT2D eigenvalue weighted by Gasteiger charge is -2.34. The topological polar surface area (TPSA) is 151 Å². The van der Waals surface area contributed by atoms with Gasteiger partial charge in [-0.3, -0.25) is 24.3 Å². The SMILES string of the molecule is C=C1CCC(N2C(=O)c3ccc(OCCCCC#Cc4ccc(OC5CC(Oc6ccc(-c7ccc8c9cnccc9n(C)c8c7)cn6)C5)nn4)cc3C2=O)C(=O)N1. The van der Waals surface area contributed by atoms with Crippen LogP contribution in [0.25, 0.3) is 32.9 Å². The van der Waals surface area contributed by atoms with E-state index in [0.717, 1.165) is 58.1 Å². The van der Waals surface area contributed by atoms with Gasteiger partial charge in [-0.15, -0.1) is 10.2 Å². The third-order valence-electron chi connectivity index (χ3n) is 10.8. The summed E-state index contributed by atoms with van der Waals surface area (Å²) in [7, 11) is 2.07. The third kappa shape index (κ3) is 7.20. The summed E-state index contributed by atoms with van der Waals surface area (Å²) in [5, 5.41) is 13.4. The van der Waals surface area contributed by atoms with Crippen LogP contribution in [-0.2, 0) is 11.8 Å². The van der Waals surface area contributed by atoms with Crippen molar-refractivity contribution < 1.29 is 28.6 Å². The normalized spacial score (nSPS) is 18.7. The number of fused-ring (bicyclic) bond motifs is 4. The zero-order valence-electron chi connectivity index (χ0n) is 31.8. The first-order valence-corrected chi connectivity index (χ1v) is 19.4. The summed E-state index contributed by atoms with van der Waals surface area (Å²) in [5.41, 5.74) is 6.07. The van der Waals surface area contributed by atoms with Gasteiger partial charge in [0.15, 0.2) is 0 Å². The third-order valence-corrected chi connectivity index (χ3v) is 10.8. The molecule has 1 atom stereocenters. The van der Waals surface area contributed by atoms with Crippen LogP contribution >= 0.6 is 0 Å². The van der Waals surface area contributed by atoms with E-state index in [-0.39, 0.29) is 23.3 Å². The molecule has 1 N–H and O–H groups in total. The van der Waals surface area contributed by atoms with E-state index in [9.17, 15) is 14.4 Å². The van der Waals surface area contributed by atoms with Crippen LogP contribution in [0.15, 0.2) is 97.6 Å². The molecule has 1 aliphatic carbocycles. The number of rotatable bonds is 11. The number of nitrogens with zero attached hydrogens (tertiary/aromatic N) is 6. The van der Waals surface area contributed by atoms with Gasteiger partial charge in [-0.25, -0.2) is 4.98 Å². The van der Waals surface area contributed by atoms with Crippen LogP contribution in [0, 0.1) is 11.8 Å². The van der Waals surface area contributed by atoms with E-state index in [2.05, 4.69) is 73.7 Å². The number of ether oxygens (including phenoxy) is 3. The fourth-order valence-electron chi connectivity index (χ4n) is 7.63. The Balaban J connectivity index is 0.683. The van der Waals surface area contributed by atoms with Gasteiger partial charge in [0.25, 0.3) is 11.8 Å². The summed E-state index contributed by atoms with van der Waals surface area (Å²) in [5.74, 6) is 6.34. The molecule has 0 bridgehead atoms. The Morgan fingerprint density at radius 1 is 0.828 bits per heavy atom. The number of hydrogen-bond acceptors (Lipinski definition) is 10. The number of carbonyl (C=O) groups is 3. The smallest absolute Gasteiger partial charge is 0.262 e. The molecule has 290 valence electrons. The number of aryl methyl sites for hydroxylation is 1. The molecule has 3 aliphatic rings. The molecule has 1 unspecified atom stereocenters. The van der Waals surface area contributed by atoms with Crippen LogP contribution in [0.1, 0.15) is 71.4 Å². The molecule has 6 aromatic rings. The monoisotopic (exact) mass is 773 g/mol. The molecular weight excluding hydrogens is 735 g/mol. The van der Waals surface area contributed by atoms with Gasteiger partial charge in [-0.05, 0) is 79.6 Å². The first-order chi connectivity index (χ1) is 28.3. The number of imide groups is 1. The highest BCUT2D eigenvalue weighted by Gasteiger charge is 2.44. The van der Waals surface area contributed by atoms with Crippen LogP contribution < -0.4 is 19.5 Å². The summed E-state index contributed by atoms with van der Waals surface area (Å²) in [4.78, 5) is 48.4. The van der Waals surface area contributed by atoms with Crippen molar-refractivity contribution in [3.05, 3.63) is 114 Å². The van der Waals surface area contributed by atoms with E-state index < -0.39 is 23.8 Å². The number of carbonyl (C=O) groups excluding carboxylic acids is 3. The number of amides is 3. The summed E-state index contributed by atoms with van der Waals surface area (Å²) in [6.07, 6.45) is 10.1. The van der Waals surface area contributed by atoms with Crippen molar-refractivity contribution in [2.45, 2.75) is 63.2 Å². The van der Waals surface area contributed by atoms with Crippen LogP contribution in [0.3, 0.4) is 0 Å². The van der Waals surface area contributed by atoms with E-state index in [1.807, 2.05) is 36.8 Å². The van der Waals surface area contributed by atoms with Crippen LogP contribution in [0.4, 0.5) is 0 Å². The Morgan fingerprint density at radius 2 is 1.64 bits per heavy atom. The predicted molar refractivity (Wildman–Crippen MR) is 215 cm³/mol. The summed E-state index contributed by atoms with van der Waals surface area (Å²) >= 11 is 0. The molecule has 0 spiro atoms. The van der Waals surface area contributed by atoms with E-state index >= 15 is 0 Å². The number of hydrogen-bond donors (Lipinski definition) is 1. The molecule has 3 amide bonds. The van der Waals surface area contributed by atoms with Crippen molar-refractivity contribution in [2.75, 3.05) is 6.61 Å². The first-order valence-electron chi connectivity index (χ1n) is 19.4. The minimum atomic E-state index is -0.847. The van der Waals surface area contributed by atoms with Gasteiger partial charge in [-0.1, -0.05) is 24.6 Å². The van der Waals surface area contributed by atoms with Gasteiger partial charge >= 0.3 is 0 Å². The number of aromatic nitrogens is 5. The lowest BCUT2D eigenvalue weighted by Crippen LogP contribution is -2.51. The van der Waals surface area contributed by atoms with Gasteiger partial charge < -0.3 is 24.1 Å². The second-order valence-corrected chi connectivity index (χ2v) is 14.7. The standard InChI is InChI=1S/C45H39N7O6/c1-27-8-15-39(43(53)48-27)52-44(54)35-14-12-31(24-36(35)45(52)55)56-20-6-4-3-5-7-30-11-17-42(50-49-30)58-33-22-32(23-33)57-41-16-10-29(25-47-41)28-9-13-34-37-26-46-19-18-38(37)51(2)40(34)21-28/h9-14,16-19,21,24-26,32-33,39H,1,3-4,6,8,15,20,22-23H2,2H3,(H,48,53). The van der Waals surface area contributed by atoms with Gasteiger partial charge in [0.2, 0.25) is 17.7 Å². The fraction of sp³-hybridized carbons (Fsp3) is 0.267. The summed E-state index contributed by atoms with van der Waals surface area (Å²) in [6, 6.07) is 20.0. The van der Waals surface area contributed by atoms with Crippen LogP contribution in [0.5, 0.6) is 17.5 Å². The highest BCUT2D eigenvalue weighted by Crippen LogP contribution is 2.34. The second-order valence-electron chi connectivity index (χ2n) is 14.7. The minimum absolute atomic E-state index is 0.0130. The Bertz CT molecular complexity index is 2660. The molecule has 2 fully saturated rings. The van der Waals surface area contributed by atoms with E-state index in [0.29, 0.717) is 54.8 Å². The highest BCUT2D eigenvalue weighted by atomic mass is 16.5. The Kier molecular flexibility index (Phi) is 9.75. The van der Waals surface area contributed by atoms with Gasteiger partial charge in [0, 0.05) is 84.6 Å². The number of unbranched alkanes of at least 4 members (excludes halogenated alkanes) is 2. The minimum Gasteiger partial charge on any atom is -0.494 e. The second kappa shape index (κ2) is 15.5. The molecular formula is C45H39N7O6. The van der Waals surface area contributed by atoms with E-state index in [4.69, 9.17) is 14.2 Å².